The molecule has 24 heavy (non-hydrogen) atoms. The lowest BCUT2D eigenvalue weighted by atomic mass is 10.0. The van der Waals surface area contributed by atoms with Gasteiger partial charge < -0.3 is 20.1 Å². The Morgan fingerprint density at radius 1 is 1.38 bits per heavy atom. The fourth-order valence-corrected chi connectivity index (χ4v) is 2.95. The third kappa shape index (κ3) is 4.47. The van der Waals surface area contributed by atoms with E-state index < -0.39 is 12.1 Å². The quantitative estimate of drug-likeness (QED) is 0.768. The second-order valence-corrected chi connectivity index (χ2v) is 6.41. The van der Waals surface area contributed by atoms with Crippen LogP contribution < -0.4 is 10.1 Å². The average Bonchev–Trinajstić information content (AvgIpc) is 2.94. The highest BCUT2D eigenvalue weighted by molar-refractivity contribution is 5.87. The van der Waals surface area contributed by atoms with Gasteiger partial charge in [-0.15, -0.1) is 0 Å². The second-order valence-electron chi connectivity index (χ2n) is 6.41. The number of amides is 2. The predicted octanol–water partition coefficient (Wildman–Crippen LogP) is 1.29. The number of nitrogens with zero attached hydrogens (tertiary/aromatic N) is 1. The number of aliphatic hydroxyl groups excluding tert-OH is 1. The van der Waals surface area contributed by atoms with E-state index in [1.807, 2.05) is 24.3 Å². The molecule has 2 atom stereocenters. The van der Waals surface area contributed by atoms with Gasteiger partial charge in [0, 0.05) is 19.9 Å². The fraction of sp³-hybridized carbons (Fsp3) is 0.556. The highest BCUT2D eigenvalue weighted by atomic mass is 16.5. The number of ether oxygens (including phenoxy) is 1. The standard InChI is InChI=1S/C18H26N2O4/c1-12(2)15-6-4-5-7-17(15)24-9-8-19-18(23)16-10-14(22)11-20(16)13(3)21/h4-7,12,14,16,22H,8-11H2,1-3H3,(H,19,23)/t14-,16-/m1/s1. The summed E-state index contributed by atoms with van der Waals surface area (Å²) in [4.78, 5) is 25.2. The molecule has 0 spiro atoms. The molecular formula is C18H26N2O4. The highest BCUT2D eigenvalue weighted by Gasteiger charge is 2.37. The van der Waals surface area contributed by atoms with Gasteiger partial charge in [-0.1, -0.05) is 32.0 Å². The van der Waals surface area contributed by atoms with Crippen LogP contribution in [0.25, 0.3) is 0 Å². The van der Waals surface area contributed by atoms with Gasteiger partial charge in [0.25, 0.3) is 0 Å². The normalized spacial score (nSPS) is 20.3. The maximum absolute atomic E-state index is 12.2. The molecule has 0 aliphatic carbocycles. The lowest BCUT2D eigenvalue weighted by Crippen LogP contribution is -2.46. The minimum atomic E-state index is -0.640. The van der Waals surface area contributed by atoms with Crippen LogP contribution >= 0.6 is 0 Å². The molecule has 0 radical (unpaired) electrons. The van der Waals surface area contributed by atoms with Gasteiger partial charge in [0.2, 0.25) is 11.8 Å². The van der Waals surface area contributed by atoms with Crippen LogP contribution in [-0.4, -0.2) is 53.7 Å². The van der Waals surface area contributed by atoms with Crippen LogP contribution in [0.5, 0.6) is 5.75 Å². The summed E-state index contributed by atoms with van der Waals surface area (Å²) in [5, 5.41) is 12.5. The Hall–Kier alpha value is -2.08. The van der Waals surface area contributed by atoms with Crippen LogP contribution in [0.2, 0.25) is 0 Å². The van der Waals surface area contributed by atoms with Crippen LogP contribution in [-0.2, 0) is 9.59 Å². The molecule has 1 fully saturated rings. The van der Waals surface area contributed by atoms with Gasteiger partial charge in [0.05, 0.1) is 12.6 Å². The summed E-state index contributed by atoms with van der Waals surface area (Å²) in [6, 6.07) is 7.25. The number of carbonyl (C=O) groups is 2. The van der Waals surface area contributed by atoms with Crippen LogP contribution in [0.4, 0.5) is 0 Å². The van der Waals surface area contributed by atoms with Crippen molar-refractivity contribution in [2.24, 2.45) is 0 Å². The van der Waals surface area contributed by atoms with E-state index in [9.17, 15) is 14.7 Å². The first-order chi connectivity index (χ1) is 11.4. The molecule has 2 amide bonds. The number of carbonyl (C=O) groups excluding carboxylic acids is 2. The zero-order valence-electron chi connectivity index (χ0n) is 14.5. The van der Waals surface area contributed by atoms with Crippen molar-refractivity contribution in [2.45, 2.75) is 45.3 Å². The molecule has 1 saturated heterocycles. The summed E-state index contributed by atoms with van der Waals surface area (Å²) >= 11 is 0. The van der Waals surface area contributed by atoms with Gasteiger partial charge in [-0.05, 0) is 17.5 Å². The number of β-amino-alcohol motifs (C(OH)–C–C–N with tert-alkyl or cyclic N) is 1. The minimum absolute atomic E-state index is 0.200. The zero-order valence-corrected chi connectivity index (χ0v) is 14.5. The van der Waals surface area contributed by atoms with E-state index in [4.69, 9.17) is 4.74 Å². The number of para-hydroxylation sites is 1. The van der Waals surface area contributed by atoms with E-state index in [-0.39, 0.29) is 24.8 Å². The fourth-order valence-electron chi connectivity index (χ4n) is 2.95. The minimum Gasteiger partial charge on any atom is -0.491 e. The summed E-state index contributed by atoms with van der Waals surface area (Å²) < 4.78 is 5.76. The topological polar surface area (TPSA) is 78.9 Å². The zero-order chi connectivity index (χ0) is 17.7. The maximum Gasteiger partial charge on any atom is 0.243 e. The molecule has 0 saturated carbocycles. The lowest BCUT2D eigenvalue weighted by Gasteiger charge is -2.22. The van der Waals surface area contributed by atoms with Crippen molar-refractivity contribution in [3.63, 3.8) is 0 Å². The third-order valence-electron chi connectivity index (χ3n) is 4.19. The number of nitrogens with one attached hydrogen (secondary N) is 1. The van der Waals surface area contributed by atoms with Crippen molar-refractivity contribution in [1.82, 2.24) is 10.2 Å². The van der Waals surface area contributed by atoms with E-state index in [0.717, 1.165) is 11.3 Å². The number of likely N-dealkylation sites (tertiary alicyclic amines) is 1. The first-order valence-corrected chi connectivity index (χ1v) is 8.34. The van der Waals surface area contributed by atoms with Gasteiger partial charge in [0.1, 0.15) is 18.4 Å². The van der Waals surface area contributed by atoms with Crippen LogP contribution in [0.15, 0.2) is 24.3 Å². The molecule has 1 heterocycles. The summed E-state index contributed by atoms with van der Waals surface area (Å²) in [6.45, 7) is 6.53. The smallest absolute Gasteiger partial charge is 0.243 e. The number of hydrogen-bond acceptors (Lipinski definition) is 4. The Bertz CT molecular complexity index is 588. The largest absolute Gasteiger partial charge is 0.491 e. The van der Waals surface area contributed by atoms with E-state index in [2.05, 4.69) is 19.2 Å². The SMILES string of the molecule is CC(=O)N1C[C@H](O)C[C@@H]1C(=O)NCCOc1ccccc1C(C)C. The summed E-state index contributed by atoms with van der Waals surface area (Å²) in [5.41, 5.74) is 1.13. The van der Waals surface area contributed by atoms with Gasteiger partial charge >= 0.3 is 0 Å². The first kappa shape index (κ1) is 18.3. The van der Waals surface area contributed by atoms with Crippen LogP contribution in [0.3, 0.4) is 0 Å². The maximum atomic E-state index is 12.2. The van der Waals surface area contributed by atoms with Crippen molar-refractivity contribution in [3.05, 3.63) is 29.8 Å². The summed E-state index contributed by atoms with van der Waals surface area (Å²) in [5.74, 6) is 0.736. The Labute approximate surface area is 142 Å². The molecule has 132 valence electrons. The molecule has 2 rings (SSSR count). The molecule has 1 aromatic carbocycles. The Balaban J connectivity index is 1.82. The van der Waals surface area contributed by atoms with E-state index in [1.54, 1.807) is 0 Å². The van der Waals surface area contributed by atoms with Gasteiger partial charge in [-0.2, -0.15) is 0 Å². The lowest BCUT2D eigenvalue weighted by molar-refractivity contribution is -0.136. The summed E-state index contributed by atoms with van der Waals surface area (Å²) in [6.07, 6.45) is -0.360. The van der Waals surface area contributed by atoms with E-state index >= 15 is 0 Å². The first-order valence-electron chi connectivity index (χ1n) is 8.34. The molecule has 0 aromatic heterocycles. The van der Waals surface area contributed by atoms with Crippen LogP contribution in [0.1, 0.15) is 38.7 Å². The Morgan fingerprint density at radius 3 is 2.75 bits per heavy atom. The van der Waals surface area contributed by atoms with Gasteiger partial charge in [-0.25, -0.2) is 0 Å². The molecule has 6 heteroatoms. The number of hydrogen-bond donors (Lipinski definition) is 2. The Morgan fingerprint density at radius 2 is 2.08 bits per heavy atom. The average molecular weight is 334 g/mol. The third-order valence-corrected chi connectivity index (χ3v) is 4.19. The van der Waals surface area contributed by atoms with Gasteiger partial charge in [-0.3, -0.25) is 9.59 Å². The van der Waals surface area contributed by atoms with Crippen LogP contribution in [0, 0.1) is 0 Å². The molecule has 0 unspecified atom stereocenters. The molecule has 0 bridgehead atoms. The number of rotatable bonds is 6. The van der Waals surface area contributed by atoms with E-state index in [0.29, 0.717) is 19.1 Å². The second kappa shape index (κ2) is 8.15. The van der Waals surface area contributed by atoms with E-state index in [1.165, 1.54) is 11.8 Å². The molecule has 2 N–H and O–H groups in total. The summed E-state index contributed by atoms with van der Waals surface area (Å²) in [7, 11) is 0. The van der Waals surface area contributed by atoms with Crippen molar-refractivity contribution in [3.8, 4) is 5.75 Å². The molecule has 1 aromatic rings. The van der Waals surface area contributed by atoms with Crippen molar-refractivity contribution in [1.29, 1.82) is 0 Å². The Kier molecular flexibility index (Phi) is 6.20. The predicted molar refractivity (Wildman–Crippen MR) is 90.8 cm³/mol. The molecular weight excluding hydrogens is 308 g/mol. The number of benzene rings is 1. The van der Waals surface area contributed by atoms with Crippen molar-refractivity contribution < 1.29 is 19.4 Å². The monoisotopic (exact) mass is 334 g/mol. The molecule has 1 aliphatic heterocycles. The molecule has 6 nitrogen and oxygen atoms in total. The van der Waals surface area contributed by atoms with Crippen molar-refractivity contribution in [2.75, 3.05) is 19.7 Å². The van der Waals surface area contributed by atoms with Crippen molar-refractivity contribution >= 4 is 11.8 Å². The highest BCUT2D eigenvalue weighted by Crippen LogP contribution is 2.25. The van der Waals surface area contributed by atoms with Gasteiger partial charge in [0.15, 0.2) is 0 Å². The molecule has 1 aliphatic rings. The number of aliphatic hydroxyl groups is 1.